The Morgan fingerprint density at radius 2 is 1.74 bits per heavy atom. The second kappa shape index (κ2) is 9.55. The second-order valence-electron chi connectivity index (χ2n) is 8.57. The Balaban J connectivity index is 1.90. The zero-order chi connectivity index (χ0) is 25.3. The predicted molar refractivity (Wildman–Crippen MR) is 127 cm³/mol. The van der Waals surface area contributed by atoms with Gasteiger partial charge in [-0.1, -0.05) is 19.1 Å². The topological polar surface area (TPSA) is 64.4 Å². The fraction of sp³-hybridized carbons (Fsp3) is 0.360. The number of ketones is 1. The highest BCUT2D eigenvalue weighted by Gasteiger charge is 2.50. The van der Waals surface area contributed by atoms with Crippen molar-refractivity contribution in [3.05, 3.63) is 59.2 Å². The number of nitrogens with zero attached hydrogens (tertiary/aromatic N) is 3. The molecule has 2 aromatic rings. The molecule has 0 aliphatic carbocycles. The van der Waals surface area contributed by atoms with Gasteiger partial charge in [0.25, 0.3) is 5.91 Å². The quantitative estimate of drug-likeness (QED) is 0.462. The highest BCUT2D eigenvalue weighted by molar-refractivity contribution is 7.81. The summed E-state index contributed by atoms with van der Waals surface area (Å²) in [6.45, 7) is 5.14. The van der Waals surface area contributed by atoms with Crippen molar-refractivity contribution < 1.29 is 22.8 Å². The summed E-state index contributed by atoms with van der Waals surface area (Å²) in [5.74, 6) is -0.256. The molecule has 0 spiro atoms. The standard InChI is InChI=1S/C25H24F3N3O2S/c1-4-20(32)7-5-6-16-8-11-18(12-9-16)31-23(34)30(22(33)24(31,2)3)19-13-10-17(15-29)21(14-19)25(26,27)28/h8-14H,4-7H2,1-3H3. The number of amides is 1. The van der Waals surface area contributed by atoms with Gasteiger partial charge in [0.15, 0.2) is 5.11 Å². The molecule has 178 valence electrons. The largest absolute Gasteiger partial charge is 0.417 e. The summed E-state index contributed by atoms with van der Waals surface area (Å²) in [5, 5.41) is 9.10. The molecular formula is C25H24F3N3O2S. The lowest BCUT2D eigenvalue weighted by Crippen LogP contribution is -2.44. The Morgan fingerprint density at radius 3 is 2.29 bits per heavy atom. The summed E-state index contributed by atoms with van der Waals surface area (Å²) in [4.78, 5) is 27.4. The lowest BCUT2D eigenvalue weighted by Gasteiger charge is -2.29. The van der Waals surface area contributed by atoms with Crippen LogP contribution in [0.15, 0.2) is 42.5 Å². The molecule has 1 amide bonds. The second-order valence-corrected chi connectivity index (χ2v) is 8.93. The van der Waals surface area contributed by atoms with Gasteiger partial charge in [0.1, 0.15) is 11.3 Å². The van der Waals surface area contributed by atoms with Crippen LogP contribution in [0.25, 0.3) is 0 Å². The molecule has 0 atom stereocenters. The van der Waals surface area contributed by atoms with E-state index in [4.69, 9.17) is 17.5 Å². The molecule has 1 aliphatic rings. The average Bonchev–Trinajstić information content (AvgIpc) is 2.96. The summed E-state index contributed by atoms with van der Waals surface area (Å²) in [5.41, 5.74) is -1.18. The lowest BCUT2D eigenvalue weighted by atomic mass is 10.0. The van der Waals surface area contributed by atoms with Gasteiger partial charge in [-0.15, -0.1) is 0 Å². The molecule has 0 saturated carbocycles. The minimum atomic E-state index is -4.75. The zero-order valence-electron chi connectivity index (χ0n) is 19.1. The van der Waals surface area contributed by atoms with E-state index >= 15 is 0 Å². The van der Waals surface area contributed by atoms with E-state index in [-0.39, 0.29) is 16.6 Å². The van der Waals surface area contributed by atoms with Gasteiger partial charge in [0.05, 0.1) is 22.9 Å². The van der Waals surface area contributed by atoms with Crippen LogP contribution in [0, 0.1) is 11.3 Å². The van der Waals surface area contributed by atoms with Crippen molar-refractivity contribution in [2.45, 2.75) is 58.2 Å². The third kappa shape index (κ3) is 4.82. The first-order valence-corrected chi connectivity index (χ1v) is 11.2. The van der Waals surface area contributed by atoms with Gasteiger partial charge in [-0.25, -0.2) is 0 Å². The van der Waals surface area contributed by atoms with Crippen LogP contribution < -0.4 is 9.80 Å². The van der Waals surface area contributed by atoms with Crippen molar-refractivity contribution in [3.8, 4) is 6.07 Å². The average molecular weight is 488 g/mol. The Labute approximate surface area is 201 Å². The van der Waals surface area contributed by atoms with E-state index in [1.165, 1.54) is 12.1 Å². The van der Waals surface area contributed by atoms with Crippen molar-refractivity contribution in [3.63, 3.8) is 0 Å². The van der Waals surface area contributed by atoms with Gasteiger partial charge in [0.2, 0.25) is 0 Å². The fourth-order valence-corrected chi connectivity index (χ4v) is 4.46. The first-order chi connectivity index (χ1) is 15.9. The number of hydrogen-bond donors (Lipinski definition) is 0. The Bertz CT molecular complexity index is 1170. The minimum Gasteiger partial charge on any atom is -0.304 e. The Hall–Kier alpha value is -3.25. The molecule has 1 saturated heterocycles. The number of carbonyl (C=O) groups is 2. The summed E-state index contributed by atoms with van der Waals surface area (Å²) in [6.07, 6.45) is -2.23. The number of anilines is 2. The fourth-order valence-electron chi connectivity index (χ4n) is 3.94. The molecule has 1 aliphatic heterocycles. The van der Waals surface area contributed by atoms with E-state index in [1.807, 2.05) is 31.2 Å². The molecule has 5 nitrogen and oxygen atoms in total. The number of thiocarbonyl (C=S) groups is 1. The van der Waals surface area contributed by atoms with Crippen molar-refractivity contribution in [1.82, 2.24) is 0 Å². The number of rotatable bonds is 7. The lowest BCUT2D eigenvalue weighted by molar-refractivity contribution is -0.137. The molecule has 0 unspecified atom stereocenters. The molecule has 0 bridgehead atoms. The predicted octanol–water partition coefficient (Wildman–Crippen LogP) is 5.80. The number of alkyl halides is 3. The van der Waals surface area contributed by atoms with Crippen molar-refractivity contribution in [1.29, 1.82) is 5.26 Å². The van der Waals surface area contributed by atoms with Crippen LogP contribution in [-0.4, -0.2) is 22.3 Å². The molecule has 0 aromatic heterocycles. The van der Waals surface area contributed by atoms with Gasteiger partial charge in [0, 0.05) is 18.5 Å². The Kier molecular flexibility index (Phi) is 7.13. The third-order valence-electron chi connectivity index (χ3n) is 5.87. The SMILES string of the molecule is CCC(=O)CCCc1ccc(N2C(=S)N(c3ccc(C#N)c(C(F)(F)F)c3)C(=O)C2(C)C)cc1. The summed E-state index contributed by atoms with van der Waals surface area (Å²) < 4.78 is 40.4. The van der Waals surface area contributed by atoms with Crippen LogP contribution >= 0.6 is 12.2 Å². The van der Waals surface area contributed by atoms with Crippen LogP contribution in [0.4, 0.5) is 24.5 Å². The van der Waals surface area contributed by atoms with Gasteiger partial charge >= 0.3 is 6.18 Å². The van der Waals surface area contributed by atoms with Crippen molar-refractivity contribution in [2.24, 2.45) is 0 Å². The normalized spacial score (nSPS) is 15.6. The molecule has 0 N–H and O–H groups in total. The zero-order valence-corrected chi connectivity index (χ0v) is 19.9. The summed E-state index contributed by atoms with van der Waals surface area (Å²) in [6, 6.07) is 12.0. The number of nitriles is 1. The van der Waals surface area contributed by atoms with Crippen LogP contribution in [0.2, 0.25) is 0 Å². The molecule has 0 radical (unpaired) electrons. The van der Waals surface area contributed by atoms with Crippen LogP contribution in [0.5, 0.6) is 0 Å². The van der Waals surface area contributed by atoms with Crippen LogP contribution in [-0.2, 0) is 22.2 Å². The van der Waals surface area contributed by atoms with Gasteiger partial charge in [-0.2, -0.15) is 18.4 Å². The maximum absolute atomic E-state index is 13.5. The van der Waals surface area contributed by atoms with Gasteiger partial charge < -0.3 is 4.90 Å². The first-order valence-electron chi connectivity index (χ1n) is 10.8. The van der Waals surface area contributed by atoms with Crippen molar-refractivity contribution >= 4 is 40.4 Å². The van der Waals surface area contributed by atoms with Gasteiger partial charge in [-0.3, -0.25) is 14.5 Å². The maximum Gasteiger partial charge on any atom is 0.417 e. The molecule has 34 heavy (non-hydrogen) atoms. The number of aryl methyl sites for hydroxylation is 1. The summed E-state index contributed by atoms with van der Waals surface area (Å²) in [7, 11) is 0. The van der Waals surface area contributed by atoms with Crippen LogP contribution in [0.3, 0.4) is 0 Å². The van der Waals surface area contributed by atoms with E-state index < -0.39 is 28.7 Å². The molecule has 1 fully saturated rings. The van der Waals surface area contributed by atoms with E-state index in [0.717, 1.165) is 35.4 Å². The van der Waals surface area contributed by atoms with E-state index in [9.17, 15) is 22.8 Å². The maximum atomic E-state index is 13.5. The number of benzene rings is 2. The van der Waals surface area contributed by atoms with Crippen LogP contribution in [0.1, 0.15) is 56.7 Å². The molecule has 1 heterocycles. The third-order valence-corrected chi connectivity index (χ3v) is 6.23. The van der Waals surface area contributed by atoms with Gasteiger partial charge in [-0.05, 0) is 74.8 Å². The first kappa shape index (κ1) is 25.4. The monoisotopic (exact) mass is 487 g/mol. The highest BCUT2D eigenvalue weighted by Crippen LogP contribution is 2.39. The molecule has 3 rings (SSSR count). The van der Waals surface area contributed by atoms with E-state index in [1.54, 1.807) is 18.7 Å². The van der Waals surface area contributed by atoms with Crippen molar-refractivity contribution in [2.75, 3.05) is 9.80 Å². The highest BCUT2D eigenvalue weighted by atomic mass is 32.1. The summed E-state index contributed by atoms with van der Waals surface area (Å²) >= 11 is 5.54. The number of Topliss-reactive ketones (excluding diaryl/α,β-unsaturated/α-hetero) is 1. The Morgan fingerprint density at radius 1 is 1.12 bits per heavy atom. The number of halogens is 3. The molecule has 2 aromatic carbocycles. The van der Waals surface area contributed by atoms with E-state index in [2.05, 4.69) is 0 Å². The number of carbonyl (C=O) groups excluding carboxylic acids is 2. The smallest absolute Gasteiger partial charge is 0.304 e. The minimum absolute atomic E-state index is 0.0471. The van der Waals surface area contributed by atoms with E-state index in [0.29, 0.717) is 18.5 Å². The number of hydrogen-bond acceptors (Lipinski definition) is 4. The molecular weight excluding hydrogens is 463 g/mol. The molecule has 9 heteroatoms.